The van der Waals surface area contributed by atoms with Gasteiger partial charge in [0.2, 0.25) is 0 Å². The molecule has 1 N–H and O–H groups in total. The quantitative estimate of drug-likeness (QED) is 0.770. The van der Waals surface area contributed by atoms with Crippen molar-refractivity contribution in [1.82, 2.24) is 0 Å². The third-order valence-corrected chi connectivity index (χ3v) is 3.46. The van der Waals surface area contributed by atoms with Gasteiger partial charge in [0.05, 0.1) is 0 Å². The third kappa shape index (κ3) is 2.80. The molecule has 0 aliphatic rings. The molecule has 0 saturated heterocycles. The number of allylic oxidation sites excluding steroid dienone is 3. The van der Waals surface area contributed by atoms with E-state index in [1.54, 1.807) is 11.3 Å². The zero-order chi connectivity index (χ0) is 11.3. The van der Waals surface area contributed by atoms with Crippen LogP contribution in [0.5, 0.6) is 0 Å². The Kier molecular flexibility index (Phi) is 4.30. The van der Waals surface area contributed by atoms with Crippen molar-refractivity contribution in [3.8, 4) is 0 Å². The largest absolute Gasteiger partial charge is 0.380 e. The summed E-state index contributed by atoms with van der Waals surface area (Å²) in [5.41, 5.74) is -0.840. The molecule has 0 aromatic carbocycles. The van der Waals surface area contributed by atoms with Gasteiger partial charge in [-0.05, 0) is 30.4 Å². The van der Waals surface area contributed by atoms with Gasteiger partial charge in [-0.2, -0.15) is 0 Å². The molecular formula is C13H18OS. The van der Waals surface area contributed by atoms with E-state index in [4.69, 9.17) is 0 Å². The van der Waals surface area contributed by atoms with Crippen molar-refractivity contribution in [2.75, 3.05) is 0 Å². The molecular weight excluding hydrogens is 204 g/mol. The Labute approximate surface area is 95.8 Å². The summed E-state index contributed by atoms with van der Waals surface area (Å²) in [4.78, 5) is 0.998. The van der Waals surface area contributed by atoms with Crippen LogP contribution in [0, 0.1) is 5.92 Å². The fourth-order valence-electron chi connectivity index (χ4n) is 1.38. The van der Waals surface area contributed by atoms with Crippen LogP contribution < -0.4 is 0 Å². The Morgan fingerprint density at radius 3 is 2.60 bits per heavy atom. The van der Waals surface area contributed by atoms with Gasteiger partial charge in [0.15, 0.2) is 0 Å². The van der Waals surface area contributed by atoms with E-state index in [1.807, 2.05) is 62.6 Å². The number of aliphatic hydroxyl groups is 1. The van der Waals surface area contributed by atoms with Gasteiger partial charge in [0.1, 0.15) is 5.60 Å². The van der Waals surface area contributed by atoms with Gasteiger partial charge in [-0.15, -0.1) is 11.3 Å². The average molecular weight is 222 g/mol. The maximum absolute atomic E-state index is 10.6. The summed E-state index contributed by atoms with van der Waals surface area (Å²) < 4.78 is 0. The van der Waals surface area contributed by atoms with Crippen LogP contribution in [-0.2, 0) is 5.60 Å². The second kappa shape index (κ2) is 5.29. The molecule has 1 unspecified atom stereocenters. The first-order valence-corrected chi connectivity index (χ1v) is 6.06. The van der Waals surface area contributed by atoms with E-state index >= 15 is 0 Å². The third-order valence-electron chi connectivity index (χ3n) is 2.45. The summed E-state index contributed by atoms with van der Waals surface area (Å²) in [7, 11) is 0. The second-order valence-corrected chi connectivity index (χ2v) is 4.79. The predicted octanol–water partition coefficient (Wildman–Crippen LogP) is 3.72. The van der Waals surface area contributed by atoms with Gasteiger partial charge in [-0.3, -0.25) is 0 Å². The average Bonchev–Trinajstić information content (AvgIpc) is 2.70. The van der Waals surface area contributed by atoms with Gasteiger partial charge in [-0.1, -0.05) is 38.1 Å². The van der Waals surface area contributed by atoms with Crippen LogP contribution in [-0.4, -0.2) is 5.11 Å². The fraction of sp³-hybridized carbons (Fsp3) is 0.385. The maximum Gasteiger partial charge on any atom is 0.119 e. The number of hydrogen-bond donors (Lipinski definition) is 1. The minimum Gasteiger partial charge on any atom is -0.380 e. The molecule has 0 aliphatic carbocycles. The highest BCUT2D eigenvalue weighted by molar-refractivity contribution is 7.10. The van der Waals surface area contributed by atoms with Crippen LogP contribution in [0.25, 0.3) is 0 Å². The van der Waals surface area contributed by atoms with Crippen molar-refractivity contribution in [2.45, 2.75) is 26.4 Å². The fourth-order valence-corrected chi connectivity index (χ4v) is 2.33. The van der Waals surface area contributed by atoms with Crippen LogP contribution in [0.1, 0.15) is 25.6 Å². The van der Waals surface area contributed by atoms with E-state index in [0.717, 1.165) is 4.88 Å². The Morgan fingerprint density at radius 1 is 1.40 bits per heavy atom. The Bertz CT molecular complexity index is 335. The molecule has 0 fully saturated rings. The lowest BCUT2D eigenvalue weighted by Crippen LogP contribution is -2.28. The van der Waals surface area contributed by atoms with Crippen LogP contribution in [0.2, 0.25) is 0 Å². The minimum atomic E-state index is -0.840. The number of hydrogen-bond acceptors (Lipinski definition) is 2. The molecule has 1 heterocycles. The molecule has 2 heteroatoms. The molecule has 0 aliphatic heterocycles. The van der Waals surface area contributed by atoms with Gasteiger partial charge in [-0.25, -0.2) is 0 Å². The lowest BCUT2D eigenvalue weighted by molar-refractivity contribution is 0.0436. The van der Waals surface area contributed by atoms with Crippen molar-refractivity contribution in [2.24, 2.45) is 5.92 Å². The summed E-state index contributed by atoms with van der Waals surface area (Å²) in [6.45, 7) is 6.02. The molecule has 0 bridgehead atoms. The predicted molar refractivity (Wildman–Crippen MR) is 67.0 cm³/mol. The van der Waals surface area contributed by atoms with Crippen molar-refractivity contribution >= 4 is 11.3 Å². The SMILES string of the molecule is C/C=C/C=C/C(O)(c1cccs1)C(C)C. The molecule has 15 heavy (non-hydrogen) atoms. The van der Waals surface area contributed by atoms with E-state index in [0.29, 0.717) is 0 Å². The highest BCUT2D eigenvalue weighted by Crippen LogP contribution is 2.34. The Morgan fingerprint density at radius 2 is 2.13 bits per heavy atom. The zero-order valence-electron chi connectivity index (χ0n) is 9.47. The molecule has 1 rings (SSSR count). The minimum absolute atomic E-state index is 0.164. The molecule has 1 atom stereocenters. The number of thiophene rings is 1. The Balaban J connectivity index is 2.99. The molecule has 1 aromatic heterocycles. The van der Waals surface area contributed by atoms with E-state index in [2.05, 4.69) is 0 Å². The highest BCUT2D eigenvalue weighted by Gasteiger charge is 2.30. The lowest BCUT2D eigenvalue weighted by atomic mass is 9.88. The maximum atomic E-state index is 10.6. The zero-order valence-corrected chi connectivity index (χ0v) is 10.3. The smallest absolute Gasteiger partial charge is 0.119 e. The summed E-state index contributed by atoms with van der Waals surface area (Å²) >= 11 is 1.59. The van der Waals surface area contributed by atoms with E-state index in [9.17, 15) is 5.11 Å². The molecule has 0 amide bonds. The second-order valence-electron chi connectivity index (χ2n) is 3.84. The molecule has 82 valence electrons. The molecule has 0 radical (unpaired) electrons. The molecule has 0 spiro atoms. The first-order valence-electron chi connectivity index (χ1n) is 5.18. The molecule has 1 aromatic rings. The van der Waals surface area contributed by atoms with Crippen molar-refractivity contribution in [3.05, 3.63) is 46.7 Å². The van der Waals surface area contributed by atoms with Crippen molar-refractivity contribution in [1.29, 1.82) is 0 Å². The first-order chi connectivity index (χ1) is 7.11. The Hall–Kier alpha value is -0.860. The standard InChI is InChI=1S/C13H18OS/c1-4-5-6-9-13(14,11(2)3)12-8-7-10-15-12/h4-11,14H,1-3H3/b5-4+,9-6+. The number of rotatable bonds is 4. The van der Waals surface area contributed by atoms with Crippen LogP contribution in [0.3, 0.4) is 0 Å². The van der Waals surface area contributed by atoms with Gasteiger partial charge in [0, 0.05) is 4.88 Å². The van der Waals surface area contributed by atoms with Crippen molar-refractivity contribution in [3.63, 3.8) is 0 Å². The van der Waals surface area contributed by atoms with Gasteiger partial charge >= 0.3 is 0 Å². The normalized spacial score (nSPS) is 16.6. The lowest BCUT2D eigenvalue weighted by Gasteiger charge is -2.27. The summed E-state index contributed by atoms with van der Waals surface area (Å²) in [6, 6.07) is 3.95. The van der Waals surface area contributed by atoms with Gasteiger partial charge in [0.25, 0.3) is 0 Å². The summed E-state index contributed by atoms with van der Waals surface area (Å²) in [5, 5.41) is 12.6. The first kappa shape index (κ1) is 12.2. The highest BCUT2D eigenvalue weighted by atomic mass is 32.1. The van der Waals surface area contributed by atoms with Gasteiger partial charge < -0.3 is 5.11 Å². The molecule has 1 nitrogen and oxygen atoms in total. The monoisotopic (exact) mass is 222 g/mol. The van der Waals surface area contributed by atoms with Crippen LogP contribution >= 0.6 is 11.3 Å². The van der Waals surface area contributed by atoms with E-state index in [1.165, 1.54) is 0 Å². The van der Waals surface area contributed by atoms with E-state index in [-0.39, 0.29) is 5.92 Å². The van der Waals surface area contributed by atoms with E-state index < -0.39 is 5.60 Å². The van der Waals surface area contributed by atoms with Crippen LogP contribution in [0.4, 0.5) is 0 Å². The van der Waals surface area contributed by atoms with Crippen molar-refractivity contribution < 1.29 is 5.11 Å². The molecule has 0 saturated carbocycles. The summed E-state index contributed by atoms with van der Waals surface area (Å²) in [5.74, 6) is 0.164. The van der Waals surface area contributed by atoms with Crippen LogP contribution in [0.15, 0.2) is 41.8 Å². The summed E-state index contributed by atoms with van der Waals surface area (Å²) in [6.07, 6.45) is 7.65. The topological polar surface area (TPSA) is 20.2 Å².